The number of carbonyl (C=O) groups is 2. The average molecular weight is 472 g/mol. The minimum Gasteiger partial charge on any atom is -0.478 e. The van der Waals surface area contributed by atoms with E-state index in [-0.39, 0.29) is 34.3 Å². The van der Waals surface area contributed by atoms with E-state index in [2.05, 4.69) is 9.46 Å². The Morgan fingerprint density at radius 2 is 1.58 bits per heavy atom. The number of nitrogens with one attached hydrogen (secondary N) is 1. The fourth-order valence-electron chi connectivity index (χ4n) is 2.68. The Labute approximate surface area is 192 Å². The molecular formula is C24H25NO7S. The zero-order chi connectivity index (χ0) is 24.4. The minimum atomic E-state index is -3.97. The standard InChI is InChI=1S/C22H19NO7S.C2H6/c1-29-21(24)13-15-7-10-17(11-8-15)30-20-12-9-16(22(25)26)14-19(20)23-31(27,28)18-5-3-2-4-6-18;1-2/h2-12,14,23H,13H2,1H3,(H,25,26);1-2H3. The first-order chi connectivity index (χ1) is 15.8. The smallest absolute Gasteiger partial charge is 0.335 e. The molecule has 0 atom stereocenters. The zero-order valence-corrected chi connectivity index (χ0v) is 19.3. The molecule has 0 amide bonds. The largest absolute Gasteiger partial charge is 0.478 e. The summed E-state index contributed by atoms with van der Waals surface area (Å²) in [5.74, 6) is -1.10. The maximum absolute atomic E-state index is 12.7. The number of methoxy groups -OCH3 is 1. The van der Waals surface area contributed by atoms with Gasteiger partial charge in [0.2, 0.25) is 0 Å². The molecule has 0 bridgehead atoms. The molecule has 0 spiro atoms. The zero-order valence-electron chi connectivity index (χ0n) is 18.4. The Morgan fingerprint density at radius 1 is 0.939 bits per heavy atom. The highest BCUT2D eigenvalue weighted by Crippen LogP contribution is 2.32. The topological polar surface area (TPSA) is 119 Å². The van der Waals surface area contributed by atoms with Crippen molar-refractivity contribution < 1.29 is 32.6 Å². The molecule has 0 saturated carbocycles. The summed E-state index contributed by atoms with van der Waals surface area (Å²) in [6.45, 7) is 4.00. The summed E-state index contributed by atoms with van der Waals surface area (Å²) in [4.78, 5) is 22.7. The highest BCUT2D eigenvalue weighted by atomic mass is 32.2. The van der Waals surface area contributed by atoms with Gasteiger partial charge >= 0.3 is 11.9 Å². The quantitative estimate of drug-likeness (QED) is 0.456. The Balaban J connectivity index is 0.00000187. The fraction of sp³-hybridized carbons (Fsp3) is 0.167. The summed E-state index contributed by atoms with van der Waals surface area (Å²) >= 11 is 0. The third kappa shape index (κ3) is 7.08. The molecule has 0 saturated heterocycles. The highest BCUT2D eigenvalue weighted by molar-refractivity contribution is 7.92. The second-order valence-electron chi connectivity index (χ2n) is 6.43. The van der Waals surface area contributed by atoms with Crippen LogP contribution in [0.1, 0.15) is 29.8 Å². The van der Waals surface area contributed by atoms with Gasteiger partial charge in [-0.2, -0.15) is 0 Å². The van der Waals surface area contributed by atoms with E-state index in [0.717, 1.165) is 0 Å². The predicted octanol–water partition coefficient (Wildman–Crippen LogP) is 4.72. The van der Waals surface area contributed by atoms with Gasteiger partial charge in [-0.1, -0.05) is 44.2 Å². The van der Waals surface area contributed by atoms with Crippen molar-refractivity contribution in [2.24, 2.45) is 0 Å². The molecule has 0 aliphatic heterocycles. The van der Waals surface area contributed by atoms with Crippen molar-refractivity contribution in [2.75, 3.05) is 11.8 Å². The molecule has 33 heavy (non-hydrogen) atoms. The van der Waals surface area contributed by atoms with Crippen molar-refractivity contribution >= 4 is 27.6 Å². The number of ether oxygens (including phenoxy) is 2. The summed E-state index contributed by atoms with van der Waals surface area (Å²) in [6.07, 6.45) is 0.103. The lowest BCUT2D eigenvalue weighted by Crippen LogP contribution is -2.14. The van der Waals surface area contributed by atoms with Crippen LogP contribution in [0.15, 0.2) is 77.7 Å². The number of carboxylic acids is 1. The first kappa shape index (κ1) is 25.4. The molecule has 0 aliphatic carbocycles. The number of aromatic carboxylic acids is 1. The third-order valence-corrected chi connectivity index (χ3v) is 5.63. The van der Waals surface area contributed by atoms with Crippen molar-refractivity contribution in [3.63, 3.8) is 0 Å². The Hall–Kier alpha value is -3.85. The molecule has 174 valence electrons. The van der Waals surface area contributed by atoms with Gasteiger partial charge in [0.05, 0.1) is 29.7 Å². The van der Waals surface area contributed by atoms with Gasteiger partial charge in [0, 0.05) is 0 Å². The van der Waals surface area contributed by atoms with Crippen LogP contribution in [0.4, 0.5) is 5.69 Å². The summed E-state index contributed by atoms with van der Waals surface area (Å²) in [7, 11) is -2.66. The van der Waals surface area contributed by atoms with E-state index in [0.29, 0.717) is 11.3 Å². The molecule has 8 nitrogen and oxygen atoms in total. The first-order valence-electron chi connectivity index (χ1n) is 10.1. The van der Waals surface area contributed by atoms with Gasteiger partial charge in [-0.05, 0) is 48.0 Å². The number of anilines is 1. The van der Waals surface area contributed by atoms with Crippen LogP contribution in [0.5, 0.6) is 11.5 Å². The summed E-state index contributed by atoms with van der Waals surface area (Å²) in [6, 6.07) is 18.1. The van der Waals surface area contributed by atoms with Crippen molar-refractivity contribution in [2.45, 2.75) is 25.2 Å². The average Bonchev–Trinajstić information content (AvgIpc) is 2.83. The van der Waals surface area contributed by atoms with E-state index in [1.807, 2.05) is 13.8 Å². The molecule has 0 radical (unpaired) electrons. The molecule has 0 aromatic heterocycles. The number of benzene rings is 3. The van der Waals surface area contributed by atoms with E-state index < -0.39 is 16.0 Å². The van der Waals surface area contributed by atoms with Crippen molar-refractivity contribution in [1.29, 1.82) is 0 Å². The lowest BCUT2D eigenvalue weighted by molar-refractivity contribution is -0.139. The highest BCUT2D eigenvalue weighted by Gasteiger charge is 2.18. The molecule has 0 unspecified atom stereocenters. The van der Waals surface area contributed by atoms with Gasteiger partial charge in [-0.15, -0.1) is 0 Å². The van der Waals surface area contributed by atoms with Crippen molar-refractivity contribution in [3.8, 4) is 11.5 Å². The van der Waals surface area contributed by atoms with Crippen LogP contribution < -0.4 is 9.46 Å². The van der Waals surface area contributed by atoms with E-state index >= 15 is 0 Å². The van der Waals surface area contributed by atoms with E-state index in [1.54, 1.807) is 42.5 Å². The summed E-state index contributed by atoms with van der Waals surface area (Å²) < 4.78 is 38.2. The number of carbonyl (C=O) groups excluding carboxylic acids is 1. The Bertz CT molecular complexity index is 1190. The van der Waals surface area contributed by atoms with Crippen LogP contribution in [0.2, 0.25) is 0 Å². The predicted molar refractivity (Wildman–Crippen MR) is 124 cm³/mol. The number of hydrogen-bond acceptors (Lipinski definition) is 6. The van der Waals surface area contributed by atoms with Gasteiger partial charge in [0.1, 0.15) is 5.75 Å². The van der Waals surface area contributed by atoms with Crippen LogP contribution in [0.3, 0.4) is 0 Å². The number of hydrogen-bond donors (Lipinski definition) is 2. The van der Waals surface area contributed by atoms with E-state index in [1.165, 1.54) is 37.4 Å². The number of rotatable bonds is 8. The summed E-state index contributed by atoms with van der Waals surface area (Å²) in [5, 5.41) is 9.27. The second kappa shape index (κ2) is 11.7. The van der Waals surface area contributed by atoms with Crippen LogP contribution in [0, 0.1) is 0 Å². The Kier molecular flexibility index (Phi) is 8.99. The molecule has 0 fully saturated rings. The molecule has 9 heteroatoms. The third-order valence-electron chi connectivity index (χ3n) is 4.25. The van der Waals surface area contributed by atoms with Gasteiger partial charge < -0.3 is 14.6 Å². The monoisotopic (exact) mass is 471 g/mol. The normalized spacial score (nSPS) is 10.4. The molecule has 3 aromatic carbocycles. The summed E-state index contributed by atoms with van der Waals surface area (Å²) in [5.41, 5.74) is 0.583. The van der Waals surface area contributed by atoms with E-state index in [4.69, 9.17) is 4.74 Å². The SMILES string of the molecule is CC.COC(=O)Cc1ccc(Oc2ccc(C(=O)O)cc2NS(=O)(=O)c2ccccc2)cc1. The van der Waals surface area contributed by atoms with Crippen molar-refractivity contribution in [3.05, 3.63) is 83.9 Å². The molecule has 0 aliphatic rings. The fourth-order valence-corrected chi connectivity index (χ4v) is 3.76. The van der Waals surface area contributed by atoms with Crippen LogP contribution in [-0.4, -0.2) is 32.6 Å². The molecule has 0 heterocycles. The van der Waals surface area contributed by atoms with Crippen molar-refractivity contribution in [1.82, 2.24) is 0 Å². The number of esters is 1. The van der Waals surface area contributed by atoms with Gasteiger partial charge in [-0.25, -0.2) is 13.2 Å². The number of carboxylic acid groups (broad SMARTS) is 1. The second-order valence-corrected chi connectivity index (χ2v) is 8.12. The van der Waals surface area contributed by atoms with Gasteiger partial charge in [0.25, 0.3) is 10.0 Å². The van der Waals surface area contributed by atoms with E-state index in [9.17, 15) is 23.1 Å². The molecule has 2 N–H and O–H groups in total. The van der Waals surface area contributed by atoms with Gasteiger partial charge in [-0.3, -0.25) is 9.52 Å². The van der Waals surface area contributed by atoms with Crippen LogP contribution in [0.25, 0.3) is 0 Å². The van der Waals surface area contributed by atoms with Crippen LogP contribution in [-0.2, 0) is 26.0 Å². The lowest BCUT2D eigenvalue weighted by Gasteiger charge is -2.14. The number of sulfonamides is 1. The van der Waals surface area contributed by atoms with Gasteiger partial charge in [0.15, 0.2) is 5.75 Å². The van der Waals surface area contributed by atoms with Crippen LogP contribution >= 0.6 is 0 Å². The first-order valence-corrected chi connectivity index (χ1v) is 11.6. The minimum absolute atomic E-state index is 0.0221. The molecular weight excluding hydrogens is 446 g/mol. The maximum Gasteiger partial charge on any atom is 0.335 e. The molecule has 3 rings (SSSR count). The maximum atomic E-state index is 12.7. The Morgan fingerprint density at radius 3 is 2.15 bits per heavy atom. The lowest BCUT2D eigenvalue weighted by atomic mass is 10.1. The molecule has 3 aromatic rings.